The van der Waals surface area contributed by atoms with Gasteiger partial charge in [0.05, 0.1) is 6.20 Å². The van der Waals surface area contributed by atoms with Crippen LogP contribution < -0.4 is 0 Å². The summed E-state index contributed by atoms with van der Waals surface area (Å²) in [7, 11) is 0. The molecule has 182 valence electrons. The lowest BCUT2D eigenvalue weighted by molar-refractivity contribution is 0.589. The Morgan fingerprint density at radius 1 is 0.436 bits per heavy atom. The van der Waals surface area contributed by atoms with Gasteiger partial charge < -0.3 is 4.42 Å². The van der Waals surface area contributed by atoms with Crippen LogP contribution in [-0.4, -0.2) is 4.98 Å². The van der Waals surface area contributed by atoms with E-state index in [1.165, 1.54) is 49.2 Å². The Morgan fingerprint density at radius 2 is 0.949 bits per heavy atom. The zero-order chi connectivity index (χ0) is 25.8. The van der Waals surface area contributed by atoms with Gasteiger partial charge in [-0.2, -0.15) is 0 Å². The Hall–Kier alpha value is -5.21. The van der Waals surface area contributed by atoms with Gasteiger partial charge in [0.1, 0.15) is 0 Å². The third-order valence-electron chi connectivity index (χ3n) is 7.75. The fourth-order valence-electron chi connectivity index (χ4n) is 5.93. The molecule has 1 heterocycles. The molecule has 2 heteroatoms. The summed E-state index contributed by atoms with van der Waals surface area (Å²) in [5.41, 5.74) is 6.94. The van der Waals surface area contributed by atoms with Gasteiger partial charge in [-0.3, -0.25) is 0 Å². The molecule has 0 saturated heterocycles. The summed E-state index contributed by atoms with van der Waals surface area (Å²) >= 11 is 0. The highest BCUT2D eigenvalue weighted by Crippen LogP contribution is 2.45. The second kappa shape index (κ2) is 8.68. The van der Waals surface area contributed by atoms with Crippen molar-refractivity contribution in [1.29, 1.82) is 0 Å². The smallest absolute Gasteiger partial charge is 0.227 e. The summed E-state index contributed by atoms with van der Waals surface area (Å²) in [6.45, 7) is 0. The molecule has 0 unspecified atom stereocenters. The molecular formula is C37H23NO. The molecule has 0 spiro atoms. The molecular weight excluding hydrogens is 474 g/mol. The molecule has 7 aromatic carbocycles. The van der Waals surface area contributed by atoms with Gasteiger partial charge in [-0.1, -0.05) is 121 Å². The normalized spacial score (nSPS) is 11.6. The van der Waals surface area contributed by atoms with Crippen LogP contribution in [0.1, 0.15) is 0 Å². The largest absolute Gasteiger partial charge is 0.436 e. The summed E-state index contributed by atoms with van der Waals surface area (Å²) in [5, 5.41) is 7.40. The van der Waals surface area contributed by atoms with Gasteiger partial charge in [0.15, 0.2) is 5.76 Å². The second-order valence-electron chi connectivity index (χ2n) is 9.96. The summed E-state index contributed by atoms with van der Waals surface area (Å²) in [6.07, 6.45) is 1.82. The fraction of sp³-hybridized carbons (Fsp3) is 0. The second-order valence-corrected chi connectivity index (χ2v) is 9.96. The number of aromatic nitrogens is 1. The standard InChI is InChI=1S/C37H23NO/c1-4-10-24(11-5-1)32-22-33(25-12-6-2-7-13-25)30-21-20-28-31(19-17-27-16-18-29(32)36(30)35(27)28)37-38-23-34(39-37)26-14-8-3-9-15-26/h1-23H. The SMILES string of the molecule is c1ccc(-c2cnc(-c3ccc4ccc5c(-c6ccccc6)cc(-c6ccccc6)c6ccc3c4c56)o2)cc1. The van der Waals surface area contributed by atoms with E-state index in [4.69, 9.17) is 9.40 Å². The van der Waals surface area contributed by atoms with Gasteiger partial charge in [0.2, 0.25) is 5.89 Å². The summed E-state index contributed by atoms with van der Waals surface area (Å²) in [5.74, 6) is 1.41. The van der Waals surface area contributed by atoms with Crippen molar-refractivity contribution in [3.8, 4) is 45.0 Å². The van der Waals surface area contributed by atoms with Gasteiger partial charge >= 0.3 is 0 Å². The van der Waals surface area contributed by atoms with Gasteiger partial charge in [0.25, 0.3) is 0 Å². The van der Waals surface area contributed by atoms with Crippen molar-refractivity contribution >= 4 is 32.3 Å². The maximum Gasteiger partial charge on any atom is 0.227 e. The number of rotatable bonds is 4. The summed E-state index contributed by atoms with van der Waals surface area (Å²) < 4.78 is 6.32. The summed E-state index contributed by atoms with van der Waals surface area (Å²) in [4.78, 5) is 4.71. The van der Waals surface area contributed by atoms with Crippen LogP contribution in [0.15, 0.2) is 144 Å². The molecule has 0 N–H and O–H groups in total. The van der Waals surface area contributed by atoms with Crippen molar-refractivity contribution in [2.24, 2.45) is 0 Å². The molecule has 0 saturated carbocycles. The van der Waals surface area contributed by atoms with Gasteiger partial charge in [-0.25, -0.2) is 4.98 Å². The average Bonchev–Trinajstić information content (AvgIpc) is 3.51. The molecule has 2 nitrogen and oxygen atoms in total. The first kappa shape index (κ1) is 21.8. The van der Waals surface area contributed by atoms with E-state index in [0.29, 0.717) is 5.89 Å². The minimum absolute atomic E-state index is 0.637. The Morgan fingerprint density at radius 3 is 1.56 bits per heavy atom. The van der Waals surface area contributed by atoms with E-state index < -0.39 is 0 Å². The van der Waals surface area contributed by atoms with Crippen LogP contribution in [0.25, 0.3) is 77.3 Å². The maximum absolute atomic E-state index is 6.32. The topological polar surface area (TPSA) is 26.0 Å². The molecule has 39 heavy (non-hydrogen) atoms. The minimum Gasteiger partial charge on any atom is -0.436 e. The number of nitrogens with zero attached hydrogens (tertiary/aromatic N) is 1. The van der Waals surface area contributed by atoms with Crippen LogP contribution in [0, 0.1) is 0 Å². The predicted molar refractivity (Wildman–Crippen MR) is 162 cm³/mol. The maximum atomic E-state index is 6.32. The first-order valence-electron chi connectivity index (χ1n) is 13.2. The van der Waals surface area contributed by atoms with Gasteiger partial charge in [-0.15, -0.1) is 0 Å². The Labute approximate surface area is 226 Å². The van der Waals surface area contributed by atoms with Crippen molar-refractivity contribution in [3.05, 3.63) is 140 Å². The first-order chi connectivity index (χ1) is 19.3. The van der Waals surface area contributed by atoms with Crippen LogP contribution in [0.5, 0.6) is 0 Å². The zero-order valence-electron chi connectivity index (χ0n) is 21.1. The van der Waals surface area contributed by atoms with Gasteiger partial charge in [0, 0.05) is 11.1 Å². The Balaban J connectivity index is 1.45. The molecule has 0 atom stereocenters. The molecule has 0 aliphatic rings. The van der Waals surface area contributed by atoms with Crippen LogP contribution in [-0.2, 0) is 0 Å². The van der Waals surface area contributed by atoms with E-state index in [0.717, 1.165) is 22.3 Å². The molecule has 0 bridgehead atoms. The lowest BCUT2D eigenvalue weighted by Crippen LogP contribution is -1.92. The highest BCUT2D eigenvalue weighted by molar-refractivity contribution is 6.29. The lowest BCUT2D eigenvalue weighted by atomic mass is 9.85. The average molecular weight is 498 g/mol. The van der Waals surface area contributed by atoms with E-state index in [1.807, 2.05) is 36.5 Å². The van der Waals surface area contributed by atoms with E-state index in [-0.39, 0.29) is 0 Å². The third-order valence-corrected chi connectivity index (χ3v) is 7.75. The number of oxazole rings is 1. The zero-order valence-corrected chi connectivity index (χ0v) is 21.1. The quantitative estimate of drug-likeness (QED) is 0.226. The first-order valence-corrected chi connectivity index (χ1v) is 13.2. The lowest BCUT2D eigenvalue weighted by Gasteiger charge is -2.19. The molecule has 0 amide bonds. The van der Waals surface area contributed by atoms with Crippen molar-refractivity contribution in [2.75, 3.05) is 0 Å². The van der Waals surface area contributed by atoms with Crippen LogP contribution in [0.4, 0.5) is 0 Å². The monoisotopic (exact) mass is 497 g/mol. The van der Waals surface area contributed by atoms with E-state index >= 15 is 0 Å². The minimum atomic E-state index is 0.637. The molecule has 0 radical (unpaired) electrons. The third kappa shape index (κ3) is 3.46. The molecule has 1 aromatic heterocycles. The van der Waals surface area contributed by atoms with Crippen LogP contribution >= 0.6 is 0 Å². The van der Waals surface area contributed by atoms with E-state index in [9.17, 15) is 0 Å². The number of benzene rings is 7. The predicted octanol–water partition coefficient (Wildman–Crippen LogP) is 10.2. The van der Waals surface area contributed by atoms with Crippen molar-refractivity contribution in [3.63, 3.8) is 0 Å². The molecule has 8 rings (SSSR count). The Kier molecular flexibility index (Phi) is 4.86. The van der Waals surface area contributed by atoms with Gasteiger partial charge in [-0.05, 0) is 66.7 Å². The fourth-order valence-corrected chi connectivity index (χ4v) is 5.93. The van der Waals surface area contributed by atoms with Crippen LogP contribution in [0.2, 0.25) is 0 Å². The molecule has 8 aromatic rings. The highest BCUT2D eigenvalue weighted by Gasteiger charge is 2.19. The van der Waals surface area contributed by atoms with Crippen molar-refractivity contribution in [1.82, 2.24) is 4.98 Å². The number of hydrogen-bond acceptors (Lipinski definition) is 2. The number of hydrogen-bond donors (Lipinski definition) is 0. The van der Waals surface area contributed by atoms with E-state index in [1.54, 1.807) is 0 Å². The molecule has 0 fully saturated rings. The van der Waals surface area contributed by atoms with Crippen LogP contribution in [0.3, 0.4) is 0 Å². The van der Waals surface area contributed by atoms with Crippen molar-refractivity contribution in [2.45, 2.75) is 0 Å². The highest BCUT2D eigenvalue weighted by atomic mass is 16.4. The van der Waals surface area contributed by atoms with E-state index in [2.05, 4.69) is 103 Å². The Bertz CT molecular complexity index is 2030. The molecule has 0 aliphatic carbocycles. The molecule has 0 aliphatic heterocycles. The van der Waals surface area contributed by atoms with Crippen molar-refractivity contribution < 1.29 is 4.42 Å². The summed E-state index contributed by atoms with van der Waals surface area (Å²) in [6, 6.07) is 47.2.